The van der Waals surface area contributed by atoms with Crippen LogP contribution >= 0.6 is 34.8 Å². The molecule has 9 heteroatoms. The molecule has 4 rings (SSSR count). The number of nitrogens with zero attached hydrogens (tertiary/aromatic N) is 2. The number of pyridine rings is 1. The summed E-state index contributed by atoms with van der Waals surface area (Å²) >= 11 is 18.6. The maximum Gasteiger partial charge on any atom is 0.356 e. The summed E-state index contributed by atoms with van der Waals surface area (Å²) in [5.41, 5.74) is 6.85. The molecule has 186 valence electrons. The number of primary amides is 1. The molecule has 36 heavy (non-hydrogen) atoms. The van der Waals surface area contributed by atoms with Gasteiger partial charge in [-0.1, -0.05) is 85.9 Å². The Bertz CT molecular complexity index is 1490. The summed E-state index contributed by atoms with van der Waals surface area (Å²) in [5.74, 6) is -1.99. The topological polar surface area (TPSA) is 98.2 Å². The number of benzene rings is 2. The second-order valence-corrected chi connectivity index (χ2v) is 10.9. The van der Waals surface area contributed by atoms with Gasteiger partial charge in [-0.2, -0.15) is 0 Å². The molecular formula is C27H24Cl3N3O3. The van der Waals surface area contributed by atoms with Crippen molar-refractivity contribution < 1.29 is 14.7 Å². The van der Waals surface area contributed by atoms with E-state index in [1.165, 1.54) is 0 Å². The van der Waals surface area contributed by atoms with E-state index in [-0.39, 0.29) is 33.2 Å². The second-order valence-electron chi connectivity index (χ2n) is 9.70. The van der Waals surface area contributed by atoms with E-state index in [0.29, 0.717) is 16.0 Å². The number of fused-ring (bicyclic) bond motifs is 1. The monoisotopic (exact) mass is 543 g/mol. The standard InChI is InChI=1S/C27H24Cl3N3O3/c1-26(2,3)17-6-4-15(5-7-17)14-27(25(31)36,18-8-9-19(28)20(29)13-18)33-11-10-16-12-21(30)32-22(23(16)33)24(34)35/h4-13H,14H2,1-3H3,(H2,31,36)(H,34,35). The molecule has 2 heterocycles. The van der Waals surface area contributed by atoms with Crippen LogP contribution in [0.1, 0.15) is 48.0 Å². The Morgan fingerprint density at radius 2 is 1.58 bits per heavy atom. The van der Waals surface area contributed by atoms with E-state index in [4.69, 9.17) is 40.5 Å². The fourth-order valence-electron chi connectivity index (χ4n) is 4.45. The van der Waals surface area contributed by atoms with Gasteiger partial charge < -0.3 is 15.4 Å². The lowest BCUT2D eigenvalue weighted by Crippen LogP contribution is -2.49. The van der Waals surface area contributed by atoms with Crippen molar-refractivity contribution >= 4 is 57.6 Å². The summed E-state index contributed by atoms with van der Waals surface area (Å²) in [4.78, 5) is 29.6. The van der Waals surface area contributed by atoms with E-state index >= 15 is 0 Å². The number of hydrogen-bond acceptors (Lipinski definition) is 3. The van der Waals surface area contributed by atoms with Crippen molar-refractivity contribution in [1.29, 1.82) is 0 Å². The quantitative estimate of drug-likeness (QED) is 0.272. The summed E-state index contributed by atoms with van der Waals surface area (Å²) in [5, 5.41) is 11.0. The fourth-order valence-corrected chi connectivity index (χ4v) is 4.95. The first kappa shape index (κ1) is 26.0. The van der Waals surface area contributed by atoms with Gasteiger partial charge in [0.15, 0.2) is 11.2 Å². The van der Waals surface area contributed by atoms with E-state index in [1.807, 2.05) is 24.3 Å². The zero-order valence-corrected chi connectivity index (χ0v) is 22.1. The largest absolute Gasteiger partial charge is 0.476 e. The summed E-state index contributed by atoms with van der Waals surface area (Å²) in [6, 6.07) is 15.9. The number of aromatic nitrogens is 2. The number of carboxylic acid groups (broad SMARTS) is 1. The van der Waals surface area contributed by atoms with Crippen LogP contribution in [0.3, 0.4) is 0 Å². The maximum atomic E-state index is 13.5. The molecule has 1 amide bonds. The molecule has 6 nitrogen and oxygen atoms in total. The van der Waals surface area contributed by atoms with E-state index in [0.717, 1.165) is 11.1 Å². The normalized spacial score (nSPS) is 13.5. The zero-order valence-electron chi connectivity index (χ0n) is 19.8. The van der Waals surface area contributed by atoms with Gasteiger partial charge in [0.2, 0.25) is 5.91 Å². The number of nitrogens with two attached hydrogens (primary N) is 1. The van der Waals surface area contributed by atoms with Crippen molar-refractivity contribution in [2.24, 2.45) is 5.73 Å². The first-order valence-corrected chi connectivity index (χ1v) is 12.2. The van der Waals surface area contributed by atoms with Gasteiger partial charge in [0.25, 0.3) is 0 Å². The number of hydrogen-bond donors (Lipinski definition) is 2. The smallest absolute Gasteiger partial charge is 0.356 e. The Balaban J connectivity index is 2.04. The molecule has 3 N–H and O–H groups in total. The van der Waals surface area contributed by atoms with Crippen LogP contribution in [0, 0.1) is 0 Å². The zero-order chi connectivity index (χ0) is 26.4. The van der Waals surface area contributed by atoms with Crippen molar-refractivity contribution in [3.8, 4) is 0 Å². The molecule has 0 saturated heterocycles. The Morgan fingerprint density at radius 3 is 2.14 bits per heavy atom. The highest BCUT2D eigenvalue weighted by molar-refractivity contribution is 6.42. The van der Waals surface area contributed by atoms with Crippen molar-refractivity contribution in [3.05, 3.63) is 98.4 Å². The minimum absolute atomic E-state index is 0.0228. The third-order valence-corrected chi connectivity index (χ3v) is 7.27. The molecule has 0 radical (unpaired) electrons. The summed E-state index contributed by atoms with van der Waals surface area (Å²) in [6.45, 7) is 6.34. The number of aromatic carboxylic acids is 1. The van der Waals surface area contributed by atoms with E-state index in [1.54, 1.807) is 41.1 Å². The molecule has 1 unspecified atom stereocenters. The number of halogens is 3. The van der Waals surface area contributed by atoms with Crippen molar-refractivity contribution in [2.45, 2.75) is 38.1 Å². The lowest BCUT2D eigenvalue weighted by molar-refractivity contribution is -0.124. The lowest BCUT2D eigenvalue weighted by Gasteiger charge is -2.35. The highest BCUT2D eigenvalue weighted by atomic mass is 35.5. The Kier molecular flexibility index (Phi) is 6.82. The summed E-state index contributed by atoms with van der Waals surface area (Å²) in [6.07, 6.45) is 1.74. The van der Waals surface area contributed by atoms with Gasteiger partial charge >= 0.3 is 5.97 Å². The minimum atomic E-state index is -1.56. The molecule has 0 aliphatic carbocycles. The lowest BCUT2D eigenvalue weighted by atomic mass is 9.81. The van der Waals surface area contributed by atoms with Crippen molar-refractivity contribution in [2.75, 3.05) is 0 Å². The SMILES string of the molecule is CC(C)(C)c1ccc(CC(C(N)=O)(c2ccc(Cl)c(Cl)c2)n2ccc3cc(Cl)nc(C(=O)O)c32)cc1. The van der Waals surface area contributed by atoms with Gasteiger partial charge in [0.05, 0.1) is 15.6 Å². The average Bonchev–Trinajstić information content (AvgIpc) is 3.22. The molecule has 0 aliphatic heterocycles. The number of carbonyl (C=O) groups is 2. The van der Waals surface area contributed by atoms with Crippen LogP contribution in [0.25, 0.3) is 10.9 Å². The highest BCUT2D eigenvalue weighted by Crippen LogP contribution is 2.38. The van der Waals surface area contributed by atoms with Crippen LogP contribution in [0.4, 0.5) is 0 Å². The minimum Gasteiger partial charge on any atom is -0.476 e. The van der Waals surface area contributed by atoms with Gasteiger partial charge in [-0.05, 0) is 46.4 Å². The summed E-state index contributed by atoms with van der Waals surface area (Å²) in [7, 11) is 0. The van der Waals surface area contributed by atoms with Crippen molar-refractivity contribution in [1.82, 2.24) is 9.55 Å². The Morgan fingerprint density at radius 1 is 0.944 bits per heavy atom. The van der Waals surface area contributed by atoms with Gasteiger partial charge in [0.1, 0.15) is 5.15 Å². The average molecular weight is 545 g/mol. The van der Waals surface area contributed by atoms with E-state index in [9.17, 15) is 14.7 Å². The molecule has 4 aromatic rings. The molecule has 0 fully saturated rings. The van der Waals surface area contributed by atoms with Crippen molar-refractivity contribution in [3.63, 3.8) is 0 Å². The predicted molar refractivity (Wildman–Crippen MR) is 143 cm³/mol. The Labute approximate surface area is 223 Å². The van der Waals surface area contributed by atoms with Crippen LogP contribution in [-0.4, -0.2) is 26.5 Å². The van der Waals surface area contributed by atoms with Gasteiger partial charge in [-0.3, -0.25) is 4.79 Å². The number of amides is 1. The molecule has 0 saturated carbocycles. The second kappa shape index (κ2) is 9.43. The number of rotatable bonds is 6. The molecule has 1 atom stereocenters. The molecular weight excluding hydrogens is 521 g/mol. The first-order chi connectivity index (χ1) is 16.8. The van der Waals surface area contributed by atoms with E-state index < -0.39 is 17.4 Å². The molecule has 0 spiro atoms. The van der Waals surface area contributed by atoms with Crippen LogP contribution < -0.4 is 5.73 Å². The molecule has 0 bridgehead atoms. The van der Waals surface area contributed by atoms with Crippen LogP contribution in [-0.2, 0) is 22.2 Å². The maximum absolute atomic E-state index is 13.5. The fraction of sp³-hybridized carbons (Fsp3) is 0.222. The van der Waals surface area contributed by atoms with Crippen LogP contribution in [0.5, 0.6) is 0 Å². The third-order valence-electron chi connectivity index (χ3n) is 6.33. The summed E-state index contributed by atoms with van der Waals surface area (Å²) < 4.78 is 1.55. The number of carbonyl (C=O) groups excluding carboxylic acids is 1. The van der Waals surface area contributed by atoms with E-state index in [2.05, 4.69) is 25.8 Å². The highest BCUT2D eigenvalue weighted by Gasteiger charge is 2.43. The third kappa shape index (κ3) is 4.57. The van der Waals surface area contributed by atoms with Gasteiger partial charge in [0, 0.05) is 18.0 Å². The predicted octanol–water partition coefficient (Wildman–Crippen LogP) is 6.46. The molecule has 2 aromatic carbocycles. The first-order valence-electron chi connectivity index (χ1n) is 11.1. The van der Waals surface area contributed by atoms with Gasteiger partial charge in [-0.15, -0.1) is 0 Å². The molecule has 2 aromatic heterocycles. The Hall–Kier alpha value is -3.06. The van der Waals surface area contributed by atoms with Crippen LogP contribution in [0.2, 0.25) is 15.2 Å². The molecule has 0 aliphatic rings. The van der Waals surface area contributed by atoms with Crippen LogP contribution in [0.15, 0.2) is 60.8 Å². The number of carboxylic acids is 1. The van der Waals surface area contributed by atoms with Gasteiger partial charge in [-0.25, -0.2) is 9.78 Å².